The van der Waals surface area contributed by atoms with Crippen molar-refractivity contribution in [1.82, 2.24) is 15.0 Å². The van der Waals surface area contributed by atoms with E-state index in [1.165, 1.54) is 4.80 Å². The molecule has 0 saturated carbocycles. The van der Waals surface area contributed by atoms with Gasteiger partial charge in [0.1, 0.15) is 0 Å². The number of aliphatic carboxylic acids is 1. The number of aryl methyl sites for hydroxylation is 2. The molecule has 6 heteroatoms. The van der Waals surface area contributed by atoms with E-state index in [2.05, 4.69) is 10.2 Å². The van der Waals surface area contributed by atoms with E-state index >= 15 is 0 Å². The summed E-state index contributed by atoms with van der Waals surface area (Å²) in [6, 6.07) is 0. The molecule has 0 aliphatic heterocycles. The molecule has 1 atom stereocenters. The molecule has 78 valence electrons. The van der Waals surface area contributed by atoms with Crippen LogP contribution in [-0.2, 0) is 18.3 Å². The molecule has 0 radical (unpaired) electrons. The minimum absolute atomic E-state index is 0.116. The Morgan fingerprint density at radius 2 is 2.29 bits per heavy atom. The number of hydrogen-bond acceptors (Lipinski definition) is 4. The smallest absolute Gasteiger partial charge is 0.308 e. The summed E-state index contributed by atoms with van der Waals surface area (Å²) < 4.78 is 0. The van der Waals surface area contributed by atoms with E-state index in [1.54, 1.807) is 14.0 Å². The van der Waals surface area contributed by atoms with Gasteiger partial charge in [0.05, 0.1) is 17.3 Å². The molecule has 0 aromatic carbocycles. The van der Waals surface area contributed by atoms with Crippen LogP contribution >= 0.6 is 0 Å². The highest BCUT2D eigenvalue weighted by atomic mass is 16.4. The fourth-order valence-electron chi connectivity index (χ4n) is 1.24. The first kappa shape index (κ1) is 10.6. The Morgan fingerprint density at radius 3 is 2.64 bits per heavy atom. The molecule has 0 aliphatic rings. The molecule has 1 aromatic rings. The van der Waals surface area contributed by atoms with Crippen LogP contribution in [0.3, 0.4) is 0 Å². The van der Waals surface area contributed by atoms with Crippen molar-refractivity contribution in [2.75, 3.05) is 6.54 Å². The van der Waals surface area contributed by atoms with Gasteiger partial charge in [0.15, 0.2) is 0 Å². The molecule has 0 aliphatic carbocycles. The zero-order valence-corrected chi connectivity index (χ0v) is 8.27. The normalized spacial score (nSPS) is 12.8. The minimum atomic E-state index is -0.891. The maximum atomic E-state index is 10.7. The number of nitrogens with zero attached hydrogens (tertiary/aromatic N) is 3. The standard InChI is InChI=1S/C8H14N4O2/c1-5-7(11-12(2)10-5)3-6(4-9)8(13)14/h6H,3-4,9H2,1-2H3,(H,13,14). The van der Waals surface area contributed by atoms with Crippen LogP contribution in [0.2, 0.25) is 0 Å². The molecule has 6 nitrogen and oxygen atoms in total. The molecule has 1 unspecified atom stereocenters. The van der Waals surface area contributed by atoms with Crippen LogP contribution in [0.4, 0.5) is 0 Å². The van der Waals surface area contributed by atoms with Gasteiger partial charge in [-0.2, -0.15) is 15.0 Å². The molecule has 14 heavy (non-hydrogen) atoms. The van der Waals surface area contributed by atoms with Crippen LogP contribution in [0.1, 0.15) is 11.4 Å². The van der Waals surface area contributed by atoms with Gasteiger partial charge in [0, 0.05) is 20.0 Å². The number of aromatic nitrogens is 3. The highest BCUT2D eigenvalue weighted by molar-refractivity contribution is 5.70. The van der Waals surface area contributed by atoms with Crippen LogP contribution in [0.15, 0.2) is 0 Å². The lowest BCUT2D eigenvalue weighted by molar-refractivity contribution is -0.141. The quantitative estimate of drug-likeness (QED) is 0.668. The number of carboxylic acid groups (broad SMARTS) is 1. The van der Waals surface area contributed by atoms with Gasteiger partial charge in [0.25, 0.3) is 0 Å². The molecule has 0 spiro atoms. The van der Waals surface area contributed by atoms with Crippen molar-refractivity contribution in [1.29, 1.82) is 0 Å². The minimum Gasteiger partial charge on any atom is -0.481 e. The first-order chi connectivity index (χ1) is 6.54. The molecule has 0 fully saturated rings. The van der Waals surface area contributed by atoms with Gasteiger partial charge in [-0.15, -0.1) is 0 Å². The summed E-state index contributed by atoms with van der Waals surface area (Å²) in [4.78, 5) is 12.1. The zero-order chi connectivity index (χ0) is 10.7. The first-order valence-electron chi connectivity index (χ1n) is 4.34. The molecule has 0 amide bonds. The molecule has 1 aromatic heterocycles. The highest BCUT2D eigenvalue weighted by Crippen LogP contribution is 2.08. The van der Waals surface area contributed by atoms with E-state index in [9.17, 15) is 4.79 Å². The summed E-state index contributed by atoms with van der Waals surface area (Å²) in [5.74, 6) is -1.47. The molecule has 3 N–H and O–H groups in total. The second-order valence-corrected chi connectivity index (χ2v) is 3.20. The Morgan fingerprint density at radius 1 is 1.64 bits per heavy atom. The SMILES string of the molecule is Cc1nn(C)nc1CC(CN)C(=O)O. The van der Waals surface area contributed by atoms with Gasteiger partial charge in [-0.3, -0.25) is 4.79 Å². The highest BCUT2D eigenvalue weighted by Gasteiger charge is 2.19. The van der Waals surface area contributed by atoms with Crippen molar-refractivity contribution in [3.05, 3.63) is 11.4 Å². The largest absolute Gasteiger partial charge is 0.481 e. The topological polar surface area (TPSA) is 94.0 Å². The van der Waals surface area contributed by atoms with Crippen molar-refractivity contribution >= 4 is 5.97 Å². The summed E-state index contributed by atoms with van der Waals surface area (Å²) in [5, 5.41) is 16.9. The van der Waals surface area contributed by atoms with E-state index < -0.39 is 11.9 Å². The molecule has 0 bridgehead atoms. The lowest BCUT2D eigenvalue weighted by Gasteiger charge is -2.06. The van der Waals surface area contributed by atoms with Gasteiger partial charge in [-0.1, -0.05) is 0 Å². The van der Waals surface area contributed by atoms with Crippen molar-refractivity contribution < 1.29 is 9.90 Å². The predicted molar refractivity (Wildman–Crippen MR) is 49.6 cm³/mol. The molecule has 0 saturated heterocycles. The summed E-state index contributed by atoms with van der Waals surface area (Å²) in [5.41, 5.74) is 6.80. The van der Waals surface area contributed by atoms with Gasteiger partial charge < -0.3 is 10.8 Å². The van der Waals surface area contributed by atoms with Crippen LogP contribution in [0.5, 0.6) is 0 Å². The Kier molecular flexibility index (Phi) is 3.19. The van der Waals surface area contributed by atoms with Crippen LogP contribution in [0, 0.1) is 12.8 Å². The maximum absolute atomic E-state index is 10.7. The van der Waals surface area contributed by atoms with Crippen molar-refractivity contribution in [2.45, 2.75) is 13.3 Å². The summed E-state index contributed by atoms with van der Waals surface area (Å²) in [6.07, 6.45) is 0.339. The van der Waals surface area contributed by atoms with Crippen LogP contribution < -0.4 is 5.73 Å². The van der Waals surface area contributed by atoms with Gasteiger partial charge >= 0.3 is 5.97 Å². The number of carboxylic acids is 1. The van der Waals surface area contributed by atoms with E-state index in [1.807, 2.05) is 0 Å². The average molecular weight is 198 g/mol. The molecule has 1 rings (SSSR count). The van der Waals surface area contributed by atoms with Gasteiger partial charge in [-0.25, -0.2) is 0 Å². The number of rotatable bonds is 4. The van der Waals surface area contributed by atoms with Gasteiger partial charge in [-0.05, 0) is 6.92 Å². The van der Waals surface area contributed by atoms with Crippen LogP contribution in [0.25, 0.3) is 0 Å². The maximum Gasteiger partial charge on any atom is 0.308 e. The van der Waals surface area contributed by atoms with E-state index in [0.29, 0.717) is 12.1 Å². The Balaban J connectivity index is 2.76. The number of carbonyl (C=O) groups is 1. The lowest BCUT2D eigenvalue weighted by atomic mass is 10.0. The van der Waals surface area contributed by atoms with Crippen molar-refractivity contribution in [3.63, 3.8) is 0 Å². The third kappa shape index (κ3) is 2.29. The first-order valence-corrected chi connectivity index (χ1v) is 4.34. The third-order valence-electron chi connectivity index (χ3n) is 2.05. The van der Waals surface area contributed by atoms with E-state index in [-0.39, 0.29) is 6.54 Å². The fourth-order valence-corrected chi connectivity index (χ4v) is 1.24. The Labute approximate surface area is 81.7 Å². The lowest BCUT2D eigenvalue weighted by Crippen LogP contribution is -2.25. The predicted octanol–water partition coefficient (Wildman–Crippen LogP) is -0.674. The monoisotopic (exact) mass is 198 g/mol. The van der Waals surface area contributed by atoms with Gasteiger partial charge in [0.2, 0.25) is 0 Å². The Bertz CT molecular complexity index is 334. The molecular weight excluding hydrogens is 184 g/mol. The van der Waals surface area contributed by atoms with Crippen LogP contribution in [-0.4, -0.2) is 32.6 Å². The molecular formula is C8H14N4O2. The van der Waals surface area contributed by atoms with Crippen molar-refractivity contribution in [3.8, 4) is 0 Å². The number of hydrogen-bond donors (Lipinski definition) is 2. The average Bonchev–Trinajstić information content (AvgIpc) is 2.40. The number of nitrogens with two attached hydrogens (primary N) is 1. The van der Waals surface area contributed by atoms with E-state index in [0.717, 1.165) is 5.69 Å². The second kappa shape index (κ2) is 4.19. The van der Waals surface area contributed by atoms with E-state index in [4.69, 9.17) is 10.8 Å². The fraction of sp³-hybridized carbons (Fsp3) is 0.625. The Hall–Kier alpha value is -1.43. The van der Waals surface area contributed by atoms with Crippen molar-refractivity contribution in [2.24, 2.45) is 18.7 Å². The second-order valence-electron chi connectivity index (χ2n) is 3.20. The third-order valence-corrected chi connectivity index (χ3v) is 2.05. The summed E-state index contributed by atoms with van der Waals surface area (Å²) in [7, 11) is 1.70. The summed E-state index contributed by atoms with van der Waals surface area (Å²) in [6.45, 7) is 1.92. The molecule has 1 heterocycles. The summed E-state index contributed by atoms with van der Waals surface area (Å²) >= 11 is 0. The zero-order valence-electron chi connectivity index (χ0n) is 8.27.